The number of nitrogens with one attached hydrogen (secondary N) is 1. The second kappa shape index (κ2) is 6.34. The lowest BCUT2D eigenvalue weighted by atomic mass is 10.1. The summed E-state index contributed by atoms with van der Waals surface area (Å²) >= 11 is 1.24. The normalized spacial score (nSPS) is 11.2. The molecule has 7 heteroatoms. The lowest BCUT2D eigenvalue weighted by Crippen LogP contribution is -2.35. The SMILES string of the molecule is O=c1[nH]c2scc(-c3ccc(F)cc3)c2c(=O)n1Cc1cccc(F)c1. The minimum atomic E-state index is -0.556. The van der Waals surface area contributed by atoms with E-state index in [-0.39, 0.29) is 12.4 Å². The third-order valence-electron chi connectivity index (χ3n) is 4.10. The van der Waals surface area contributed by atoms with Crippen LogP contribution in [0.1, 0.15) is 5.56 Å². The minimum absolute atomic E-state index is 0.0411. The predicted molar refractivity (Wildman–Crippen MR) is 97.6 cm³/mol. The molecule has 0 saturated heterocycles. The van der Waals surface area contributed by atoms with E-state index < -0.39 is 17.1 Å². The maximum atomic E-state index is 13.4. The van der Waals surface area contributed by atoms with Crippen LogP contribution in [0.25, 0.3) is 21.3 Å². The molecule has 0 aliphatic heterocycles. The summed E-state index contributed by atoms with van der Waals surface area (Å²) in [5, 5.41) is 2.11. The number of rotatable bonds is 3. The molecule has 130 valence electrons. The number of fused-ring (bicyclic) bond motifs is 1. The zero-order chi connectivity index (χ0) is 18.3. The number of aromatic nitrogens is 2. The van der Waals surface area contributed by atoms with E-state index in [0.29, 0.717) is 26.9 Å². The van der Waals surface area contributed by atoms with Gasteiger partial charge in [0.1, 0.15) is 16.5 Å². The number of hydrogen-bond donors (Lipinski definition) is 1. The number of halogens is 2. The van der Waals surface area contributed by atoms with E-state index >= 15 is 0 Å². The molecular formula is C19H12F2N2O2S. The number of thiophene rings is 1. The Bertz CT molecular complexity index is 1220. The van der Waals surface area contributed by atoms with Crippen molar-refractivity contribution in [3.05, 3.63) is 91.9 Å². The summed E-state index contributed by atoms with van der Waals surface area (Å²) in [5.41, 5.74) is 0.793. The molecule has 0 fully saturated rings. The first-order valence-electron chi connectivity index (χ1n) is 7.77. The molecule has 0 bridgehead atoms. The highest BCUT2D eigenvalue weighted by Gasteiger charge is 2.15. The summed E-state index contributed by atoms with van der Waals surface area (Å²) in [6.07, 6.45) is 0. The predicted octanol–water partition coefficient (Wildman–Crippen LogP) is 3.74. The zero-order valence-corrected chi connectivity index (χ0v) is 14.1. The van der Waals surface area contributed by atoms with E-state index in [2.05, 4.69) is 4.98 Å². The van der Waals surface area contributed by atoms with Crippen molar-refractivity contribution in [3.63, 3.8) is 0 Å². The monoisotopic (exact) mass is 370 g/mol. The summed E-state index contributed by atoms with van der Waals surface area (Å²) in [4.78, 5) is 28.4. The Labute approximate surface area is 150 Å². The van der Waals surface area contributed by atoms with Gasteiger partial charge in [-0.2, -0.15) is 0 Å². The molecule has 1 N–H and O–H groups in total. The van der Waals surface area contributed by atoms with Gasteiger partial charge in [0.2, 0.25) is 0 Å². The van der Waals surface area contributed by atoms with Crippen LogP contribution < -0.4 is 11.2 Å². The Balaban J connectivity index is 1.89. The van der Waals surface area contributed by atoms with E-state index in [1.807, 2.05) is 0 Å². The van der Waals surface area contributed by atoms with Crippen molar-refractivity contribution in [2.24, 2.45) is 0 Å². The maximum absolute atomic E-state index is 13.4. The molecule has 0 atom stereocenters. The molecule has 0 unspecified atom stereocenters. The summed E-state index contributed by atoms with van der Waals surface area (Å²) in [5.74, 6) is -0.805. The Morgan fingerprint density at radius 3 is 2.50 bits per heavy atom. The van der Waals surface area contributed by atoms with Crippen LogP contribution in [0.4, 0.5) is 8.78 Å². The quantitative estimate of drug-likeness (QED) is 0.597. The van der Waals surface area contributed by atoms with Gasteiger partial charge in [0.15, 0.2) is 0 Å². The van der Waals surface area contributed by atoms with Gasteiger partial charge in [-0.25, -0.2) is 13.6 Å². The van der Waals surface area contributed by atoms with E-state index in [4.69, 9.17) is 0 Å². The first-order chi connectivity index (χ1) is 12.5. The van der Waals surface area contributed by atoms with Crippen LogP contribution in [0.15, 0.2) is 63.5 Å². The van der Waals surface area contributed by atoms with Crippen molar-refractivity contribution in [2.75, 3.05) is 0 Å². The van der Waals surface area contributed by atoms with Crippen molar-refractivity contribution < 1.29 is 8.78 Å². The molecule has 2 heterocycles. The van der Waals surface area contributed by atoms with Gasteiger partial charge in [0.05, 0.1) is 11.9 Å². The standard InChI is InChI=1S/C19H12F2N2O2S/c20-13-6-4-12(5-7-13)15-10-26-17-16(15)18(24)23(19(25)22-17)9-11-2-1-3-14(21)8-11/h1-8,10H,9H2,(H,22,25). The van der Waals surface area contributed by atoms with Crippen LogP contribution in [0.5, 0.6) is 0 Å². The number of aromatic amines is 1. The van der Waals surface area contributed by atoms with Gasteiger partial charge in [0, 0.05) is 10.9 Å². The smallest absolute Gasteiger partial charge is 0.298 e. The van der Waals surface area contributed by atoms with Crippen LogP contribution in [0, 0.1) is 11.6 Å². The van der Waals surface area contributed by atoms with Gasteiger partial charge in [-0.15, -0.1) is 11.3 Å². The number of benzene rings is 2. The molecule has 0 saturated carbocycles. The van der Waals surface area contributed by atoms with Crippen molar-refractivity contribution in [1.29, 1.82) is 0 Å². The van der Waals surface area contributed by atoms with Crippen molar-refractivity contribution in [2.45, 2.75) is 6.54 Å². The average Bonchev–Trinajstić information content (AvgIpc) is 3.03. The molecule has 4 aromatic rings. The zero-order valence-electron chi connectivity index (χ0n) is 13.3. The first-order valence-corrected chi connectivity index (χ1v) is 8.65. The molecule has 2 aromatic heterocycles. The van der Waals surface area contributed by atoms with Gasteiger partial charge in [-0.1, -0.05) is 24.3 Å². The highest BCUT2D eigenvalue weighted by atomic mass is 32.1. The van der Waals surface area contributed by atoms with E-state index in [0.717, 1.165) is 4.57 Å². The third-order valence-corrected chi connectivity index (χ3v) is 5.00. The molecule has 0 radical (unpaired) electrons. The van der Waals surface area contributed by atoms with Crippen LogP contribution >= 0.6 is 11.3 Å². The van der Waals surface area contributed by atoms with Crippen LogP contribution in [-0.2, 0) is 6.54 Å². The molecule has 4 rings (SSSR count). The Morgan fingerprint density at radius 1 is 1.00 bits per heavy atom. The largest absolute Gasteiger partial charge is 0.329 e. The van der Waals surface area contributed by atoms with Gasteiger partial charge >= 0.3 is 5.69 Å². The fraction of sp³-hybridized carbons (Fsp3) is 0.0526. The lowest BCUT2D eigenvalue weighted by Gasteiger charge is -2.06. The Morgan fingerprint density at radius 2 is 1.77 bits per heavy atom. The topological polar surface area (TPSA) is 54.9 Å². The summed E-state index contributed by atoms with van der Waals surface area (Å²) in [6, 6.07) is 11.5. The fourth-order valence-corrected chi connectivity index (χ4v) is 3.81. The Kier molecular flexibility index (Phi) is 4.00. The summed E-state index contributed by atoms with van der Waals surface area (Å²) in [6.45, 7) is -0.0411. The van der Waals surface area contributed by atoms with Crippen molar-refractivity contribution >= 4 is 21.6 Å². The number of hydrogen-bond acceptors (Lipinski definition) is 3. The fourth-order valence-electron chi connectivity index (χ4n) is 2.86. The molecule has 0 spiro atoms. The Hall–Kier alpha value is -3.06. The minimum Gasteiger partial charge on any atom is -0.298 e. The van der Waals surface area contributed by atoms with Crippen LogP contribution in [0.3, 0.4) is 0 Å². The first kappa shape index (κ1) is 16.4. The molecule has 0 amide bonds. The lowest BCUT2D eigenvalue weighted by molar-refractivity contribution is 0.621. The van der Waals surface area contributed by atoms with Crippen LogP contribution in [0.2, 0.25) is 0 Å². The molecule has 2 aromatic carbocycles. The van der Waals surface area contributed by atoms with E-state index in [9.17, 15) is 18.4 Å². The van der Waals surface area contributed by atoms with E-state index in [1.165, 1.54) is 41.7 Å². The molecular weight excluding hydrogens is 358 g/mol. The summed E-state index contributed by atoms with van der Waals surface area (Å²) in [7, 11) is 0. The van der Waals surface area contributed by atoms with Crippen molar-refractivity contribution in [1.82, 2.24) is 9.55 Å². The average molecular weight is 370 g/mol. The molecule has 26 heavy (non-hydrogen) atoms. The number of nitrogens with zero attached hydrogens (tertiary/aromatic N) is 1. The molecule has 0 aliphatic carbocycles. The van der Waals surface area contributed by atoms with Gasteiger partial charge < -0.3 is 0 Å². The second-order valence-electron chi connectivity index (χ2n) is 5.81. The molecule has 4 nitrogen and oxygen atoms in total. The van der Waals surface area contributed by atoms with E-state index in [1.54, 1.807) is 23.6 Å². The van der Waals surface area contributed by atoms with Gasteiger partial charge in [-0.05, 0) is 35.4 Å². The van der Waals surface area contributed by atoms with Crippen molar-refractivity contribution in [3.8, 4) is 11.1 Å². The maximum Gasteiger partial charge on any atom is 0.329 e. The third kappa shape index (κ3) is 2.86. The second-order valence-corrected chi connectivity index (χ2v) is 6.69. The summed E-state index contributed by atoms with van der Waals surface area (Å²) < 4.78 is 27.6. The van der Waals surface area contributed by atoms with Gasteiger partial charge in [-0.3, -0.25) is 14.3 Å². The van der Waals surface area contributed by atoms with Gasteiger partial charge in [0.25, 0.3) is 5.56 Å². The molecule has 0 aliphatic rings. The highest BCUT2D eigenvalue weighted by molar-refractivity contribution is 7.17. The van der Waals surface area contributed by atoms with Crippen LogP contribution in [-0.4, -0.2) is 9.55 Å². The highest BCUT2D eigenvalue weighted by Crippen LogP contribution is 2.30. The number of H-pyrrole nitrogens is 1.